The van der Waals surface area contributed by atoms with Gasteiger partial charge in [0.05, 0.1) is 34.1 Å². The van der Waals surface area contributed by atoms with Gasteiger partial charge in [-0.05, 0) is 43.7 Å². The molecule has 2 bridgehead atoms. The second kappa shape index (κ2) is 9.24. The molecule has 0 saturated carbocycles. The fourth-order valence-electron chi connectivity index (χ4n) is 5.27. The Labute approximate surface area is 193 Å². The van der Waals surface area contributed by atoms with Crippen LogP contribution in [0.3, 0.4) is 0 Å². The van der Waals surface area contributed by atoms with Crippen LogP contribution in [0, 0.1) is 12.8 Å². The highest BCUT2D eigenvalue weighted by Crippen LogP contribution is 2.43. The van der Waals surface area contributed by atoms with E-state index in [1.807, 2.05) is 6.92 Å². The highest BCUT2D eigenvalue weighted by Gasteiger charge is 2.51. The van der Waals surface area contributed by atoms with Gasteiger partial charge in [0, 0.05) is 31.3 Å². The third-order valence-corrected chi connectivity index (χ3v) is 8.34. The molecule has 0 spiro atoms. The Morgan fingerprint density at radius 1 is 1.25 bits per heavy atom. The molecule has 3 N–H and O–H groups in total. The molecular formula is C25H33N3O3S. The zero-order chi connectivity index (χ0) is 22.9. The van der Waals surface area contributed by atoms with Crippen LogP contribution in [0.25, 0.3) is 0 Å². The SMILES string of the molecule is CCS(=O)c1cc(C(=O)NC2(Cc3ccc(C)cc3)C3CCCN2CC3)c(OC)cc1N. The van der Waals surface area contributed by atoms with Gasteiger partial charge in [0.1, 0.15) is 11.4 Å². The van der Waals surface area contributed by atoms with Crippen molar-refractivity contribution in [1.82, 2.24) is 10.2 Å². The van der Waals surface area contributed by atoms with E-state index in [4.69, 9.17) is 10.5 Å². The summed E-state index contributed by atoms with van der Waals surface area (Å²) in [6.07, 6.45) is 4.10. The number of aryl methyl sites for hydroxylation is 1. The second-order valence-corrected chi connectivity index (χ2v) is 10.6. The van der Waals surface area contributed by atoms with E-state index in [1.54, 1.807) is 12.1 Å². The molecular weight excluding hydrogens is 422 g/mol. The number of hydrogen-bond acceptors (Lipinski definition) is 5. The molecule has 0 radical (unpaired) electrons. The van der Waals surface area contributed by atoms with Gasteiger partial charge >= 0.3 is 0 Å². The molecule has 2 aromatic carbocycles. The van der Waals surface area contributed by atoms with Gasteiger partial charge in [0.25, 0.3) is 5.91 Å². The lowest BCUT2D eigenvalue weighted by atomic mass is 9.81. The van der Waals surface area contributed by atoms with E-state index in [9.17, 15) is 9.00 Å². The predicted octanol–water partition coefficient (Wildman–Crippen LogP) is 3.50. The summed E-state index contributed by atoms with van der Waals surface area (Å²) in [5, 5.41) is 3.42. The number of rotatable bonds is 7. The second-order valence-electron chi connectivity index (χ2n) is 8.88. The number of benzene rings is 2. The number of fused-ring (bicyclic) bond motifs is 2. The van der Waals surface area contributed by atoms with Crippen molar-refractivity contribution in [3.05, 3.63) is 53.1 Å². The predicted molar refractivity (Wildman–Crippen MR) is 128 cm³/mol. The summed E-state index contributed by atoms with van der Waals surface area (Å²) in [5.41, 5.74) is 8.88. The average molecular weight is 456 g/mol. The van der Waals surface area contributed by atoms with Crippen LogP contribution in [-0.2, 0) is 17.2 Å². The summed E-state index contributed by atoms with van der Waals surface area (Å²) in [6, 6.07) is 11.8. The Hall–Kier alpha value is -2.38. The van der Waals surface area contributed by atoms with Gasteiger partial charge in [-0.15, -0.1) is 0 Å². The summed E-state index contributed by atoms with van der Waals surface area (Å²) in [7, 11) is 0.263. The van der Waals surface area contributed by atoms with Crippen LogP contribution < -0.4 is 15.8 Å². The van der Waals surface area contributed by atoms with Crippen molar-refractivity contribution in [2.24, 2.45) is 5.92 Å². The standard InChI is InChI=1S/C25H33N3O3S/c1-4-32(30)23-14-20(22(31-3)15-21(23)26)24(29)27-25(16-18-9-7-17(2)8-10-18)19-6-5-12-28(25)13-11-19/h7-10,14-15,19H,4-6,11-13,16,26H2,1-3H3,(H,27,29). The highest BCUT2D eigenvalue weighted by atomic mass is 32.2. The van der Waals surface area contributed by atoms with Crippen molar-refractivity contribution in [3.8, 4) is 5.75 Å². The number of nitrogens with one attached hydrogen (secondary N) is 1. The first-order valence-electron chi connectivity index (χ1n) is 11.4. The van der Waals surface area contributed by atoms with Crippen LogP contribution in [-0.4, -0.2) is 46.6 Å². The first kappa shape index (κ1) is 22.8. The first-order chi connectivity index (χ1) is 15.4. The number of ether oxygens (including phenoxy) is 1. The lowest BCUT2D eigenvalue weighted by molar-refractivity contribution is 0.0259. The van der Waals surface area contributed by atoms with Crippen molar-refractivity contribution < 1.29 is 13.7 Å². The summed E-state index contributed by atoms with van der Waals surface area (Å²) in [4.78, 5) is 16.6. The maximum atomic E-state index is 13.7. The number of piperidine rings is 1. The molecule has 4 unspecified atom stereocenters. The van der Waals surface area contributed by atoms with Crippen molar-refractivity contribution in [1.29, 1.82) is 0 Å². The van der Waals surface area contributed by atoms with E-state index >= 15 is 0 Å². The van der Waals surface area contributed by atoms with Crippen molar-refractivity contribution in [2.75, 3.05) is 31.7 Å². The van der Waals surface area contributed by atoms with Crippen LogP contribution >= 0.6 is 0 Å². The van der Waals surface area contributed by atoms with Gasteiger partial charge in [-0.2, -0.15) is 0 Å². The van der Waals surface area contributed by atoms with Gasteiger partial charge in [0.15, 0.2) is 0 Å². The molecule has 4 atom stereocenters. The maximum Gasteiger partial charge on any atom is 0.256 e. The van der Waals surface area contributed by atoms with E-state index in [0.29, 0.717) is 33.6 Å². The van der Waals surface area contributed by atoms with E-state index in [-0.39, 0.29) is 5.91 Å². The van der Waals surface area contributed by atoms with Crippen LogP contribution in [0.4, 0.5) is 5.69 Å². The van der Waals surface area contributed by atoms with E-state index < -0.39 is 16.5 Å². The van der Waals surface area contributed by atoms with E-state index in [1.165, 1.54) is 18.2 Å². The molecule has 2 heterocycles. The molecule has 2 aromatic rings. The van der Waals surface area contributed by atoms with Crippen LogP contribution in [0.5, 0.6) is 5.75 Å². The quantitative estimate of drug-likeness (QED) is 0.624. The number of amides is 1. The van der Waals surface area contributed by atoms with Gasteiger partial charge in [0.2, 0.25) is 0 Å². The van der Waals surface area contributed by atoms with Crippen molar-refractivity contribution in [2.45, 2.75) is 50.1 Å². The minimum Gasteiger partial charge on any atom is -0.496 e. The Morgan fingerprint density at radius 3 is 2.66 bits per heavy atom. The Balaban J connectivity index is 1.71. The highest BCUT2D eigenvalue weighted by molar-refractivity contribution is 7.85. The Morgan fingerprint density at radius 2 is 2.00 bits per heavy atom. The number of nitrogens with two attached hydrogens (primary N) is 1. The summed E-state index contributed by atoms with van der Waals surface area (Å²) in [5.74, 6) is 1.03. The maximum absolute atomic E-state index is 13.7. The number of carbonyl (C=O) groups is 1. The lowest BCUT2D eigenvalue weighted by Crippen LogP contribution is -2.64. The molecule has 172 valence electrons. The van der Waals surface area contributed by atoms with Crippen LogP contribution in [0.15, 0.2) is 41.3 Å². The van der Waals surface area contributed by atoms with Gasteiger partial charge in [-0.3, -0.25) is 13.9 Å². The van der Waals surface area contributed by atoms with Gasteiger partial charge < -0.3 is 15.8 Å². The number of nitrogen functional groups attached to an aromatic ring is 1. The molecule has 2 fully saturated rings. The molecule has 2 aliphatic rings. The zero-order valence-corrected chi connectivity index (χ0v) is 20.0. The summed E-state index contributed by atoms with van der Waals surface area (Å²) >= 11 is 0. The molecule has 0 aromatic heterocycles. The van der Waals surface area contributed by atoms with Crippen LogP contribution in [0.2, 0.25) is 0 Å². The molecule has 4 rings (SSSR count). The molecule has 2 aliphatic heterocycles. The monoisotopic (exact) mass is 455 g/mol. The van der Waals surface area contributed by atoms with E-state index in [0.717, 1.165) is 38.8 Å². The number of hydrogen-bond donors (Lipinski definition) is 2. The third-order valence-electron chi connectivity index (χ3n) is 6.98. The smallest absolute Gasteiger partial charge is 0.256 e. The molecule has 7 heteroatoms. The molecule has 0 aliphatic carbocycles. The fourth-order valence-corrected chi connectivity index (χ4v) is 6.15. The topological polar surface area (TPSA) is 84.7 Å². The molecule has 32 heavy (non-hydrogen) atoms. The number of anilines is 1. The van der Waals surface area contributed by atoms with Crippen LogP contribution in [0.1, 0.15) is 47.7 Å². The number of carbonyl (C=O) groups excluding carboxylic acids is 1. The fraction of sp³-hybridized carbons (Fsp3) is 0.480. The molecule has 1 amide bonds. The molecule has 2 saturated heterocycles. The lowest BCUT2D eigenvalue weighted by Gasteiger charge is -2.47. The first-order valence-corrected chi connectivity index (χ1v) is 12.7. The average Bonchev–Trinajstić information content (AvgIpc) is 2.95. The Kier molecular flexibility index (Phi) is 6.58. The largest absolute Gasteiger partial charge is 0.496 e. The van der Waals surface area contributed by atoms with Gasteiger partial charge in [-0.1, -0.05) is 36.8 Å². The summed E-state index contributed by atoms with van der Waals surface area (Å²) < 4.78 is 18.0. The molecule has 6 nitrogen and oxygen atoms in total. The zero-order valence-electron chi connectivity index (χ0n) is 19.1. The van der Waals surface area contributed by atoms with Gasteiger partial charge in [-0.25, -0.2) is 0 Å². The Bertz CT molecular complexity index is 1010. The normalized spacial score (nSPS) is 25.3. The minimum absolute atomic E-state index is 0.206. The van der Waals surface area contributed by atoms with Crippen molar-refractivity contribution in [3.63, 3.8) is 0 Å². The summed E-state index contributed by atoms with van der Waals surface area (Å²) in [6.45, 7) is 5.89. The number of nitrogens with zero attached hydrogens (tertiary/aromatic N) is 1. The third kappa shape index (κ3) is 4.16. The number of methoxy groups -OCH3 is 1. The van der Waals surface area contributed by atoms with Crippen molar-refractivity contribution >= 4 is 22.4 Å². The van der Waals surface area contributed by atoms with E-state index in [2.05, 4.69) is 41.4 Å². The minimum atomic E-state index is -1.26.